The van der Waals surface area contributed by atoms with Crippen LogP contribution in [-0.2, 0) is 0 Å². The highest BCUT2D eigenvalue weighted by Crippen LogP contribution is 2.18. The molecule has 23 heavy (non-hydrogen) atoms. The first-order valence-electron chi connectivity index (χ1n) is 7.80. The molecular weight excluding hydrogens is 290 g/mol. The second-order valence-electron chi connectivity index (χ2n) is 5.80. The van der Waals surface area contributed by atoms with Gasteiger partial charge in [0.2, 0.25) is 0 Å². The molecule has 1 aliphatic rings. The highest BCUT2D eigenvalue weighted by Gasteiger charge is 2.28. The molecule has 1 atom stereocenters. The monoisotopic (exact) mass is 311 g/mol. The number of piperazine rings is 1. The zero-order chi connectivity index (χ0) is 16.2. The van der Waals surface area contributed by atoms with Crippen LogP contribution in [0.4, 0.5) is 16.3 Å². The fraction of sp³-hybridized carbons (Fsp3) is 0.353. The third kappa shape index (κ3) is 3.59. The Bertz CT molecular complexity index is 676. The van der Waals surface area contributed by atoms with E-state index in [1.54, 1.807) is 18.5 Å². The molecule has 0 aromatic carbocycles. The summed E-state index contributed by atoms with van der Waals surface area (Å²) in [7, 11) is 0. The maximum atomic E-state index is 12.4. The van der Waals surface area contributed by atoms with Crippen LogP contribution >= 0.6 is 0 Å². The van der Waals surface area contributed by atoms with E-state index in [9.17, 15) is 4.79 Å². The van der Waals surface area contributed by atoms with Crippen LogP contribution in [0.3, 0.4) is 0 Å². The van der Waals surface area contributed by atoms with Gasteiger partial charge in [-0.25, -0.2) is 9.78 Å². The largest absolute Gasteiger partial charge is 0.353 e. The second-order valence-corrected chi connectivity index (χ2v) is 5.80. The molecule has 0 bridgehead atoms. The Morgan fingerprint density at radius 2 is 2.13 bits per heavy atom. The van der Waals surface area contributed by atoms with E-state index in [0.717, 1.165) is 24.6 Å². The molecule has 2 aromatic heterocycles. The summed E-state index contributed by atoms with van der Waals surface area (Å²) in [5, 5.41) is 2.90. The van der Waals surface area contributed by atoms with Crippen molar-refractivity contribution in [1.29, 1.82) is 0 Å². The third-order valence-corrected chi connectivity index (χ3v) is 4.00. The van der Waals surface area contributed by atoms with Gasteiger partial charge in [0.15, 0.2) is 0 Å². The molecule has 6 heteroatoms. The summed E-state index contributed by atoms with van der Waals surface area (Å²) in [6, 6.07) is 9.70. The van der Waals surface area contributed by atoms with Crippen LogP contribution < -0.4 is 10.2 Å². The van der Waals surface area contributed by atoms with Gasteiger partial charge >= 0.3 is 6.03 Å². The zero-order valence-corrected chi connectivity index (χ0v) is 13.4. The van der Waals surface area contributed by atoms with Gasteiger partial charge in [-0.15, -0.1) is 0 Å². The molecule has 1 fully saturated rings. The quantitative estimate of drug-likeness (QED) is 0.926. The van der Waals surface area contributed by atoms with Gasteiger partial charge in [0.25, 0.3) is 0 Å². The Morgan fingerprint density at radius 3 is 2.83 bits per heavy atom. The van der Waals surface area contributed by atoms with Crippen molar-refractivity contribution >= 4 is 17.5 Å². The highest BCUT2D eigenvalue weighted by atomic mass is 16.2. The molecule has 3 rings (SSSR count). The van der Waals surface area contributed by atoms with Crippen molar-refractivity contribution < 1.29 is 4.79 Å². The lowest BCUT2D eigenvalue weighted by Gasteiger charge is -2.40. The van der Waals surface area contributed by atoms with Crippen LogP contribution in [0.2, 0.25) is 0 Å². The fourth-order valence-corrected chi connectivity index (χ4v) is 2.80. The van der Waals surface area contributed by atoms with Gasteiger partial charge in [-0.3, -0.25) is 4.98 Å². The number of carbonyl (C=O) groups excluding carboxylic acids is 1. The summed E-state index contributed by atoms with van der Waals surface area (Å²) in [6.45, 7) is 6.27. The minimum atomic E-state index is -0.0812. The minimum absolute atomic E-state index is 0.0812. The number of amides is 2. The number of nitrogens with zero attached hydrogens (tertiary/aromatic N) is 4. The molecule has 6 nitrogen and oxygen atoms in total. The molecule has 1 aliphatic heterocycles. The molecule has 0 spiro atoms. The summed E-state index contributed by atoms with van der Waals surface area (Å²) in [5.74, 6) is 0.976. The van der Waals surface area contributed by atoms with Crippen LogP contribution in [0.25, 0.3) is 0 Å². The maximum Gasteiger partial charge on any atom is 0.322 e. The Hall–Kier alpha value is -2.63. The number of hydrogen-bond donors (Lipinski definition) is 1. The van der Waals surface area contributed by atoms with Crippen LogP contribution in [0.15, 0.2) is 42.7 Å². The molecule has 0 radical (unpaired) electrons. The molecule has 1 N–H and O–H groups in total. The molecule has 1 saturated heterocycles. The number of rotatable bonds is 2. The van der Waals surface area contributed by atoms with Crippen molar-refractivity contribution in [1.82, 2.24) is 14.9 Å². The first-order valence-corrected chi connectivity index (χ1v) is 7.80. The van der Waals surface area contributed by atoms with Crippen molar-refractivity contribution in [3.63, 3.8) is 0 Å². The number of carbonyl (C=O) groups is 1. The van der Waals surface area contributed by atoms with Crippen LogP contribution in [0.5, 0.6) is 0 Å². The average Bonchev–Trinajstić information content (AvgIpc) is 2.55. The number of pyridine rings is 2. The van der Waals surface area contributed by atoms with Crippen molar-refractivity contribution in [2.45, 2.75) is 19.9 Å². The summed E-state index contributed by atoms with van der Waals surface area (Å²) >= 11 is 0. The summed E-state index contributed by atoms with van der Waals surface area (Å²) in [4.78, 5) is 25.1. The standard InChI is InChI=1S/C17H21N5O/c1-13-5-3-7-16(19-13)21-9-10-22(14(2)12-21)17(23)20-15-6-4-8-18-11-15/h3-8,11,14H,9-10,12H2,1-2H3,(H,20,23)/t14-/m0/s1. The Morgan fingerprint density at radius 1 is 1.26 bits per heavy atom. The van der Waals surface area contributed by atoms with E-state index >= 15 is 0 Å². The lowest BCUT2D eigenvalue weighted by molar-refractivity contribution is 0.184. The molecule has 0 unspecified atom stereocenters. The number of aryl methyl sites for hydroxylation is 1. The van der Waals surface area contributed by atoms with E-state index in [2.05, 4.69) is 27.1 Å². The minimum Gasteiger partial charge on any atom is -0.353 e. The topological polar surface area (TPSA) is 61.4 Å². The molecule has 2 amide bonds. The SMILES string of the molecule is Cc1cccc(N2CCN(C(=O)Nc3cccnc3)[C@@H](C)C2)n1. The predicted octanol–water partition coefficient (Wildman–Crippen LogP) is 2.53. The van der Waals surface area contributed by atoms with Gasteiger partial charge in [-0.05, 0) is 38.1 Å². The second kappa shape index (κ2) is 6.64. The maximum absolute atomic E-state index is 12.4. The third-order valence-electron chi connectivity index (χ3n) is 4.00. The van der Waals surface area contributed by atoms with Crippen molar-refractivity contribution in [3.8, 4) is 0 Å². The number of nitrogens with one attached hydrogen (secondary N) is 1. The van der Waals surface area contributed by atoms with Crippen molar-refractivity contribution in [2.75, 3.05) is 29.9 Å². The number of urea groups is 1. The van der Waals surface area contributed by atoms with E-state index in [1.807, 2.05) is 36.1 Å². The smallest absolute Gasteiger partial charge is 0.322 e. The Labute approximate surface area is 136 Å². The Balaban J connectivity index is 1.63. The van der Waals surface area contributed by atoms with Crippen LogP contribution in [0.1, 0.15) is 12.6 Å². The lowest BCUT2D eigenvalue weighted by atomic mass is 10.2. The summed E-state index contributed by atoms with van der Waals surface area (Å²) in [6.07, 6.45) is 3.33. The molecular formula is C17H21N5O. The van der Waals surface area contributed by atoms with E-state index < -0.39 is 0 Å². The first-order chi connectivity index (χ1) is 11.1. The first kappa shape index (κ1) is 15.3. The number of aromatic nitrogens is 2. The van der Waals surface area contributed by atoms with Gasteiger partial charge in [0, 0.05) is 37.6 Å². The van der Waals surface area contributed by atoms with E-state index in [0.29, 0.717) is 12.2 Å². The highest BCUT2D eigenvalue weighted by molar-refractivity contribution is 5.89. The normalized spacial score (nSPS) is 17.9. The van der Waals surface area contributed by atoms with Crippen molar-refractivity contribution in [2.24, 2.45) is 0 Å². The van der Waals surface area contributed by atoms with E-state index in [1.165, 1.54) is 0 Å². The van der Waals surface area contributed by atoms with Crippen molar-refractivity contribution in [3.05, 3.63) is 48.4 Å². The lowest BCUT2D eigenvalue weighted by Crippen LogP contribution is -2.55. The summed E-state index contributed by atoms with van der Waals surface area (Å²) in [5.41, 5.74) is 1.72. The number of anilines is 2. The zero-order valence-electron chi connectivity index (χ0n) is 13.4. The summed E-state index contributed by atoms with van der Waals surface area (Å²) < 4.78 is 0. The van der Waals surface area contributed by atoms with E-state index in [-0.39, 0.29) is 12.1 Å². The van der Waals surface area contributed by atoms with Crippen LogP contribution in [-0.4, -0.2) is 46.6 Å². The molecule has 0 aliphatic carbocycles. The molecule has 3 heterocycles. The van der Waals surface area contributed by atoms with Gasteiger partial charge in [-0.2, -0.15) is 0 Å². The van der Waals surface area contributed by atoms with Crippen LogP contribution in [0, 0.1) is 6.92 Å². The van der Waals surface area contributed by atoms with Gasteiger partial charge in [-0.1, -0.05) is 6.07 Å². The average molecular weight is 311 g/mol. The molecule has 2 aromatic rings. The number of hydrogen-bond acceptors (Lipinski definition) is 4. The van der Waals surface area contributed by atoms with Gasteiger partial charge < -0.3 is 15.1 Å². The Kier molecular flexibility index (Phi) is 4.41. The molecule has 0 saturated carbocycles. The molecule has 120 valence electrons. The van der Waals surface area contributed by atoms with Gasteiger partial charge in [0.1, 0.15) is 5.82 Å². The van der Waals surface area contributed by atoms with E-state index in [4.69, 9.17) is 0 Å². The van der Waals surface area contributed by atoms with Gasteiger partial charge in [0.05, 0.1) is 11.9 Å². The predicted molar refractivity (Wildman–Crippen MR) is 90.6 cm³/mol. The fourth-order valence-electron chi connectivity index (χ4n) is 2.80.